The van der Waals surface area contributed by atoms with E-state index < -0.39 is 5.97 Å². The molecule has 3 rings (SSSR count). The zero-order valence-electron chi connectivity index (χ0n) is 21.3. The first-order chi connectivity index (χ1) is 16.2. The highest BCUT2D eigenvalue weighted by Gasteiger charge is 2.57. The van der Waals surface area contributed by atoms with Crippen molar-refractivity contribution in [3.8, 4) is 0 Å². The molecule has 192 valence electrons. The Morgan fingerprint density at radius 3 is 2.59 bits per heavy atom. The maximum atomic E-state index is 10.3. The molecule has 2 atom stereocenters. The second-order valence-corrected chi connectivity index (χ2v) is 9.30. The molecular weight excluding hydrogens is 434 g/mol. The average molecular weight is 478 g/mol. The Kier molecular flexibility index (Phi) is 13.1. The molecule has 7 nitrogen and oxygen atoms in total. The number of allylic oxidation sites excluding steroid dienone is 1. The van der Waals surface area contributed by atoms with Crippen molar-refractivity contribution >= 4 is 17.7 Å². The van der Waals surface area contributed by atoms with Gasteiger partial charge in [0.1, 0.15) is 0 Å². The Morgan fingerprint density at radius 2 is 2.00 bits per heavy atom. The molecule has 4 N–H and O–H groups in total. The highest BCUT2D eigenvalue weighted by Crippen LogP contribution is 2.51. The molecule has 0 aromatic heterocycles. The Bertz CT molecular complexity index is 794. The van der Waals surface area contributed by atoms with Gasteiger partial charge >= 0.3 is 5.97 Å². The molecule has 0 amide bonds. The summed E-state index contributed by atoms with van der Waals surface area (Å²) in [4.78, 5) is 10.3. The summed E-state index contributed by atoms with van der Waals surface area (Å²) in [5.74, 6) is -0.405. The van der Waals surface area contributed by atoms with Gasteiger partial charge in [0.25, 0.3) is 0 Å². The molecule has 1 aliphatic heterocycles. The predicted octanol–water partition coefficient (Wildman–Crippen LogP) is 4.50. The summed E-state index contributed by atoms with van der Waals surface area (Å²) in [5, 5.41) is 27.1. The second-order valence-electron chi connectivity index (χ2n) is 9.30. The molecule has 1 aliphatic carbocycles. The lowest BCUT2D eigenvalue weighted by molar-refractivity contribution is -0.131. The van der Waals surface area contributed by atoms with Crippen LogP contribution >= 0.6 is 0 Å². The first-order valence-electron chi connectivity index (χ1n) is 11.9. The predicted molar refractivity (Wildman–Crippen MR) is 137 cm³/mol. The number of nitrogens with one attached hydrogen (secondary N) is 1. The molecule has 1 spiro atoms. The fourth-order valence-corrected chi connectivity index (χ4v) is 4.27. The number of carboxylic acid groups (broad SMARTS) is 1. The number of carboxylic acids is 1. The maximum absolute atomic E-state index is 10.3. The topological polar surface area (TPSA) is 112 Å². The monoisotopic (exact) mass is 477 g/mol. The van der Waals surface area contributed by atoms with Crippen LogP contribution in [0.25, 0.3) is 6.08 Å². The summed E-state index contributed by atoms with van der Waals surface area (Å²) in [7, 11) is 1.00. The van der Waals surface area contributed by atoms with Crippen LogP contribution in [0.1, 0.15) is 58.9 Å². The largest absolute Gasteiger partial charge is 0.478 e. The van der Waals surface area contributed by atoms with E-state index >= 15 is 0 Å². The summed E-state index contributed by atoms with van der Waals surface area (Å²) >= 11 is 0. The Morgan fingerprint density at radius 1 is 1.29 bits per heavy atom. The molecular formula is C27H43NO6. The van der Waals surface area contributed by atoms with Crippen molar-refractivity contribution in [2.75, 3.05) is 38.8 Å². The lowest BCUT2D eigenvalue weighted by Gasteiger charge is -2.40. The molecule has 34 heavy (non-hydrogen) atoms. The molecule has 7 heteroatoms. The van der Waals surface area contributed by atoms with Gasteiger partial charge in [-0.05, 0) is 64.3 Å². The van der Waals surface area contributed by atoms with Crippen LogP contribution < -0.4 is 5.32 Å². The number of epoxide rings is 1. The Labute approximate surface area is 204 Å². The quantitative estimate of drug-likeness (QED) is 0.235. The minimum atomic E-state index is -0.969. The van der Waals surface area contributed by atoms with Crippen molar-refractivity contribution in [3.05, 3.63) is 47.6 Å². The smallest absolute Gasteiger partial charge is 0.328 e. The third-order valence-electron chi connectivity index (χ3n) is 6.02. The van der Waals surface area contributed by atoms with Gasteiger partial charge in [-0.25, -0.2) is 4.79 Å². The van der Waals surface area contributed by atoms with Crippen molar-refractivity contribution in [2.24, 2.45) is 5.92 Å². The van der Waals surface area contributed by atoms with Crippen molar-refractivity contribution < 1.29 is 29.6 Å². The Hall–Kier alpha value is -2.19. The molecule has 2 fully saturated rings. The van der Waals surface area contributed by atoms with Crippen molar-refractivity contribution in [1.82, 2.24) is 0 Å². The summed E-state index contributed by atoms with van der Waals surface area (Å²) in [6.45, 7) is 10.9. The fourth-order valence-electron chi connectivity index (χ4n) is 4.27. The van der Waals surface area contributed by atoms with E-state index in [1.165, 1.54) is 37.3 Å². The van der Waals surface area contributed by atoms with Crippen LogP contribution in [0.15, 0.2) is 42.0 Å². The Balaban J connectivity index is 0.000000320. The van der Waals surface area contributed by atoms with E-state index in [1.54, 1.807) is 0 Å². The molecule has 0 bridgehead atoms. The number of hydrogen-bond donors (Lipinski definition) is 4. The SMILES string of the molecule is CC(C)=CCOC(C)(C)C1CCCCC12CO2.CO.O=C(O)/C=C/c1cccc(NCCO)c1. The number of ether oxygens (including phenoxy) is 2. The molecule has 1 saturated carbocycles. The lowest BCUT2D eigenvalue weighted by Crippen LogP contribution is -2.45. The van der Waals surface area contributed by atoms with Gasteiger partial charge in [0.2, 0.25) is 0 Å². The lowest BCUT2D eigenvalue weighted by atomic mass is 9.71. The normalized spacial score (nSPS) is 21.1. The minimum Gasteiger partial charge on any atom is -0.478 e. The van der Waals surface area contributed by atoms with Crippen LogP contribution in [-0.4, -0.2) is 66.0 Å². The highest BCUT2D eigenvalue weighted by molar-refractivity contribution is 5.85. The molecule has 0 radical (unpaired) electrons. The summed E-state index contributed by atoms with van der Waals surface area (Å²) < 4.78 is 11.9. The number of aliphatic hydroxyl groups excluding tert-OH is 2. The summed E-state index contributed by atoms with van der Waals surface area (Å²) in [6.07, 6.45) is 9.89. The number of rotatable bonds is 9. The summed E-state index contributed by atoms with van der Waals surface area (Å²) in [5.41, 5.74) is 3.09. The standard InChI is InChI=1S/C15H26O2.C11H13NO3.CH4O/c1-12(2)8-10-16-14(3,4)13-7-5-6-9-15(13)11-17-15;13-7-6-12-10-3-1-2-9(8-10)4-5-11(14)15;1-2/h8,13H,5-7,9-11H2,1-4H3;1-5,8,12-13H,6-7H2,(H,14,15);2H,1H3/b;5-4+;. The molecule has 1 heterocycles. The van der Waals surface area contributed by atoms with E-state index in [2.05, 4.69) is 39.1 Å². The van der Waals surface area contributed by atoms with E-state index in [1.807, 2.05) is 24.3 Å². The van der Waals surface area contributed by atoms with E-state index in [4.69, 9.17) is 24.8 Å². The first kappa shape index (κ1) is 29.8. The maximum Gasteiger partial charge on any atom is 0.328 e. The van der Waals surface area contributed by atoms with Gasteiger partial charge in [0.05, 0.1) is 31.0 Å². The number of benzene rings is 1. The van der Waals surface area contributed by atoms with E-state index in [9.17, 15) is 4.79 Å². The van der Waals surface area contributed by atoms with Crippen LogP contribution in [0, 0.1) is 5.92 Å². The molecule has 1 aromatic carbocycles. The van der Waals surface area contributed by atoms with Crippen LogP contribution in [0.2, 0.25) is 0 Å². The van der Waals surface area contributed by atoms with E-state index in [-0.39, 0.29) is 17.8 Å². The van der Waals surface area contributed by atoms with Gasteiger partial charge in [-0.3, -0.25) is 0 Å². The third-order valence-corrected chi connectivity index (χ3v) is 6.02. The molecule has 1 saturated heterocycles. The van der Waals surface area contributed by atoms with Gasteiger partial charge in [-0.15, -0.1) is 0 Å². The molecule has 2 unspecified atom stereocenters. The van der Waals surface area contributed by atoms with Crippen LogP contribution in [0.4, 0.5) is 5.69 Å². The fraction of sp³-hybridized carbons (Fsp3) is 0.593. The molecule has 2 aliphatic rings. The highest BCUT2D eigenvalue weighted by atomic mass is 16.6. The van der Waals surface area contributed by atoms with E-state index in [0.717, 1.165) is 37.7 Å². The van der Waals surface area contributed by atoms with Crippen LogP contribution in [0.3, 0.4) is 0 Å². The van der Waals surface area contributed by atoms with E-state index in [0.29, 0.717) is 12.5 Å². The van der Waals surface area contributed by atoms with Gasteiger partial charge in [-0.2, -0.15) is 0 Å². The zero-order valence-corrected chi connectivity index (χ0v) is 21.3. The number of aliphatic hydroxyl groups is 2. The first-order valence-corrected chi connectivity index (χ1v) is 11.9. The average Bonchev–Trinajstić information content (AvgIpc) is 3.57. The van der Waals surface area contributed by atoms with Gasteiger partial charge in [-0.1, -0.05) is 36.6 Å². The number of anilines is 1. The van der Waals surface area contributed by atoms with Gasteiger partial charge in [0.15, 0.2) is 0 Å². The van der Waals surface area contributed by atoms with Crippen molar-refractivity contribution in [1.29, 1.82) is 0 Å². The number of aliphatic carboxylic acids is 1. The van der Waals surface area contributed by atoms with Crippen LogP contribution in [-0.2, 0) is 14.3 Å². The second kappa shape index (κ2) is 14.9. The number of carbonyl (C=O) groups is 1. The molecule has 1 aromatic rings. The van der Waals surface area contributed by atoms with Crippen molar-refractivity contribution in [3.63, 3.8) is 0 Å². The van der Waals surface area contributed by atoms with Gasteiger partial charge < -0.3 is 30.1 Å². The number of hydrogen-bond acceptors (Lipinski definition) is 6. The van der Waals surface area contributed by atoms with Gasteiger partial charge in [0, 0.05) is 31.3 Å². The van der Waals surface area contributed by atoms with Crippen LogP contribution in [0.5, 0.6) is 0 Å². The van der Waals surface area contributed by atoms with Crippen molar-refractivity contribution in [2.45, 2.75) is 64.6 Å². The summed E-state index contributed by atoms with van der Waals surface area (Å²) in [6, 6.07) is 7.30. The zero-order chi connectivity index (χ0) is 25.6. The minimum absolute atomic E-state index is 0.0647. The third kappa shape index (κ3) is 10.4.